The van der Waals surface area contributed by atoms with Crippen molar-refractivity contribution in [1.82, 2.24) is 5.32 Å². The fraction of sp³-hybridized carbons (Fsp3) is 0.125. The molecule has 0 saturated carbocycles. The van der Waals surface area contributed by atoms with Crippen molar-refractivity contribution < 1.29 is 19.4 Å². The Kier molecular flexibility index (Phi) is 3.65. The average Bonchev–Trinajstić information content (AvgIpc) is 2.65. The van der Waals surface area contributed by atoms with Gasteiger partial charge in [0.15, 0.2) is 12.1 Å². The lowest BCUT2D eigenvalue weighted by atomic mass is 10.0. The molecule has 1 aliphatic heterocycles. The van der Waals surface area contributed by atoms with E-state index >= 15 is 0 Å². The van der Waals surface area contributed by atoms with Crippen LogP contribution < -0.4 is 15.4 Å². The minimum absolute atomic E-state index is 0.457. The summed E-state index contributed by atoms with van der Waals surface area (Å²) in [5, 5.41) is 13.9. The van der Waals surface area contributed by atoms with Crippen molar-refractivity contribution in [2.45, 2.75) is 12.1 Å². The zero-order chi connectivity index (χ0) is 15.5. The highest BCUT2D eigenvalue weighted by Gasteiger charge is 2.36. The lowest BCUT2D eigenvalue weighted by Gasteiger charge is -2.24. The second kappa shape index (κ2) is 5.77. The van der Waals surface area contributed by atoms with Crippen LogP contribution >= 0.6 is 0 Å². The second-order valence-corrected chi connectivity index (χ2v) is 4.86. The summed E-state index contributed by atoms with van der Waals surface area (Å²) in [6.07, 6.45) is -2.03. The summed E-state index contributed by atoms with van der Waals surface area (Å²) in [7, 11) is 0. The average molecular weight is 298 g/mol. The normalized spacial score (nSPS) is 20.1. The van der Waals surface area contributed by atoms with Crippen LogP contribution in [0.4, 0.5) is 10.5 Å². The van der Waals surface area contributed by atoms with Gasteiger partial charge in [0, 0.05) is 0 Å². The first kappa shape index (κ1) is 13.9. The number of benzene rings is 2. The molecule has 0 unspecified atom stereocenters. The van der Waals surface area contributed by atoms with Gasteiger partial charge in [-0.15, -0.1) is 0 Å². The maximum Gasteiger partial charge on any atom is 0.405 e. The van der Waals surface area contributed by atoms with Crippen molar-refractivity contribution in [2.75, 3.05) is 5.32 Å². The van der Waals surface area contributed by atoms with Crippen LogP contribution in [0.1, 0.15) is 11.7 Å². The molecule has 3 N–H and O–H groups in total. The van der Waals surface area contributed by atoms with E-state index in [1.54, 1.807) is 36.4 Å². The van der Waals surface area contributed by atoms with Crippen molar-refractivity contribution in [3.05, 3.63) is 60.2 Å². The Balaban J connectivity index is 2.04. The molecule has 6 nitrogen and oxygen atoms in total. The number of amides is 2. The Morgan fingerprint density at radius 2 is 1.77 bits per heavy atom. The largest absolute Gasteiger partial charge is 0.481 e. The maximum atomic E-state index is 12.4. The topological polar surface area (TPSA) is 87.7 Å². The van der Waals surface area contributed by atoms with Gasteiger partial charge in [0.2, 0.25) is 0 Å². The molecule has 0 radical (unpaired) electrons. The van der Waals surface area contributed by atoms with Crippen molar-refractivity contribution in [1.29, 1.82) is 0 Å². The molecule has 3 rings (SSSR count). The van der Waals surface area contributed by atoms with E-state index in [9.17, 15) is 9.59 Å². The molecule has 0 spiro atoms. The first-order valence-electron chi connectivity index (χ1n) is 6.76. The van der Waals surface area contributed by atoms with Gasteiger partial charge in [-0.1, -0.05) is 42.5 Å². The molecule has 0 saturated heterocycles. The molecule has 6 heteroatoms. The fourth-order valence-electron chi connectivity index (χ4n) is 2.40. The lowest BCUT2D eigenvalue weighted by Crippen LogP contribution is -2.47. The maximum absolute atomic E-state index is 12.4. The van der Waals surface area contributed by atoms with Crippen LogP contribution in [0.25, 0.3) is 0 Å². The number of carbonyl (C=O) groups is 2. The van der Waals surface area contributed by atoms with Gasteiger partial charge in [-0.05, 0) is 17.7 Å². The summed E-state index contributed by atoms with van der Waals surface area (Å²) in [5.74, 6) is 0.0422. The Morgan fingerprint density at radius 3 is 2.50 bits per heavy atom. The highest BCUT2D eigenvalue weighted by molar-refractivity contribution is 5.98. The third-order valence-corrected chi connectivity index (χ3v) is 3.39. The van der Waals surface area contributed by atoms with Crippen LogP contribution in [-0.2, 0) is 4.79 Å². The molecule has 22 heavy (non-hydrogen) atoms. The van der Waals surface area contributed by atoms with Gasteiger partial charge < -0.3 is 20.5 Å². The number of para-hydroxylation sites is 2. The lowest BCUT2D eigenvalue weighted by molar-refractivity contribution is -0.119. The number of hydrogen-bond donors (Lipinski definition) is 3. The molecular weight excluding hydrogens is 284 g/mol. The Hall–Kier alpha value is -3.02. The van der Waals surface area contributed by atoms with E-state index < -0.39 is 24.1 Å². The van der Waals surface area contributed by atoms with Crippen LogP contribution in [0.15, 0.2) is 54.6 Å². The van der Waals surface area contributed by atoms with Crippen LogP contribution in [0.5, 0.6) is 5.75 Å². The minimum Gasteiger partial charge on any atom is -0.481 e. The van der Waals surface area contributed by atoms with E-state index in [0.29, 0.717) is 17.0 Å². The quantitative estimate of drug-likeness (QED) is 0.794. The van der Waals surface area contributed by atoms with E-state index in [2.05, 4.69) is 10.6 Å². The van der Waals surface area contributed by atoms with Crippen LogP contribution in [-0.4, -0.2) is 23.1 Å². The molecule has 1 aliphatic rings. The molecule has 2 aromatic rings. The molecule has 0 aliphatic carbocycles. The molecule has 1 heterocycles. The van der Waals surface area contributed by atoms with E-state index in [1.165, 1.54) is 0 Å². The zero-order valence-electron chi connectivity index (χ0n) is 11.5. The number of anilines is 1. The molecule has 0 fully saturated rings. The van der Waals surface area contributed by atoms with Gasteiger partial charge >= 0.3 is 6.09 Å². The summed E-state index contributed by atoms with van der Waals surface area (Å²) in [6.45, 7) is 0. The second-order valence-electron chi connectivity index (χ2n) is 4.86. The molecule has 2 aromatic carbocycles. The standard InChI is InChI=1S/C16H14N2O4/c19-15-13(18-16(20)21)14(10-6-2-1-3-7-10)22-12-9-5-4-8-11(12)17-15/h1-9,13-14,18H,(H,17,19)(H,20,21)/t13-,14+/m0/s1. The summed E-state index contributed by atoms with van der Waals surface area (Å²) >= 11 is 0. The first-order chi connectivity index (χ1) is 10.6. The van der Waals surface area contributed by atoms with Crippen molar-refractivity contribution in [3.8, 4) is 5.75 Å². The van der Waals surface area contributed by atoms with Crippen molar-refractivity contribution in [2.24, 2.45) is 0 Å². The van der Waals surface area contributed by atoms with Gasteiger partial charge in [0.25, 0.3) is 5.91 Å². The van der Waals surface area contributed by atoms with Crippen LogP contribution in [0.2, 0.25) is 0 Å². The van der Waals surface area contributed by atoms with Gasteiger partial charge in [-0.25, -0.2) is 4.79 Å². The van der Waals surface area contributed by atoms with Crippen LogP contribution in [0.3, 0.4) is 0 Å². The van der Waals surface area contributed by atoms with Crippen molar-refractivity contribution in [3.63, 3.8) is 0 Å². The number of rotatable bonds is 2. The Bertz CT molecular complexity index is 702. The van der Waals surface area contributed by atoms with Gasteiger partial charge in [0.1, 0.15) is 5.75 Å². The summed E-state index contributed by atoms with van der Waals surface area (Å²) in [4.78, 5) is 23.4. The van der Waals surface area contributed by atoms with Gasteiger partial charge in [-0.3, -0.25) is 4.79 Å². The highest BCUT2D eigenvalue weighted by Crippen LogP contribution is 2.34. The number of ether oxygens (including phenoxy) is 1. The van der Waals surface area contributed by atoms with E-state index in [-0.39, 0.29) is 0 Å². The van der Waals surface area contributed by atoms with Crippen LogP contribution in [0, 0.1) is 0 Å². The zero-order valence-corrected chi connectivity index (χ0v) is 11.5. The molecule has 0 aromatic heterocycles. The SMILES string of the molecule is O=C(O)N[C@@H]1C(=O)Nc2ccccc2O[C@@H]1c1ccccc1. The van der Waals surface area contributed by atoms with Gasteiger partial charge in [0.05, 0.1) is 5.69 Å². The summed E-state index contributed by atoms with van der Waals surface area (Å²) in [6, 6.07) is 15.0. The van der Waals surface area contributed by atoms with E-state index in [1.807, 2.05) is 18.2 Å². The Morgan fingerprint density at radius 1 is 1.09 bits per heavy atom. The number of hydrogen-bond acceptors (Lipinski definition) is 3. The number of carboxylic acid groups (broad SMARTS) is 1. The molecule has 2 amide bonds. The third kappa shape index (κ3) is 2.71. The first-order valence-corrected chi connectivity index (χ1v) is 6.76. The van der Waals surface area contributed by atoms with E-state index in [0.717, 1.165) is 0 Å². The number of nitrogens with one attached hydrogen (secondary N) is 2. The summed E-state index contributed by atoms with van der Waals surface area (Å²) in [5.41, 5.74) is 1.23. The predicted molar refractivity (Wildman–Crippen MR) is 79.8 cm³/mol. The third-order valence-electron chi connectivity index (χ3n) is 3.39. The number of fused-ring (bicyclic) bond motifs is 1. The highest BCUT2D eigenvalue weighted by atomic mass is 16.5. The predicted octanol–water partition coefficient (Wildman–Crippen LogP) is 2.39. The molecule has 0 bridgehead atoms. The van der Waals surface area contributed by atoms with Gasteiger partial charge in [-0.2, -0.15) is 0 Å². The molecule has 2 atom stereocenters. The van der Waals surface area contributed by atoms with Crippen molar-refractivity contribution >= 4 is 17.7 Å². The minimum atomic E-state index is -1.28. The Labute approximate surface area is 126 Å². The smallest absolute Gasteiger partial charge is 0.405 e. The molecule has 112 valence electrons. The fourth-order valence-corrected chi connectivity index (χ4v) is 2.40. The van der Waals surface area contributed by atoms with E-state index in [4.69, 9.17) is 9.84 Å². The molecular formula is C16H14N2O4. The summed E-state index contributed by atoms with van der Waals surface area (Å²) < 4.78 is 5.92. The monoisotopic (exact) mass is 298 g/mol. The number of carbonyl (C=O) groups excluding carboxylic acids is 1.